The molecule has 1 aliphatic rings. The third-order valence-corrected chi connectivity index (χ3v) is 4.85. The summed E-state index contributed by atoms with van der Waals surface area (Å²) in [5.41, 5.74) is 0.950. The van der Waals surface area contributed by atoms with Gasteiger partial charge >= 0.3 is 0 Å². The Morgan fingerprint density at radius 2 is 2.17 bits per heavy atom. The van der Waals surface area contributed by atoms with E-state index in [9.17, 15) is 4.79 Å². The molecular weight excluding hydrogens is 312 g/mol. The number of para-hydroxylation sites is 1. The fraction of sp³-hybridized carbons (Fsp3) is 0.438. The topological polar surface area (TPSA) is 58.6 Å². The number of likely N-dealkylation sites (N-methyl/N-ethyl adjacent to an activating group) is 1. The molecule has 1 saturated heterocycles. The van der Waals surface area contributed by atoms with Crippen molar-refractivity contribution in [3.63, 3.8) is 0 Å². The molecule has 1 unspecified atom stereocenters. The number of hydrogen-bond acceptors (Lipinski definition) is 6. The standard InChI is InChI=1S/C16H20N4O2S/c1-19(16-17-14(18-23-16)9-11-22-2)13-8-10-20(15(13)21)12-6-4-3-5-7-12/h3-7,13H,8-11H2,1-2H3. The van der Waals surface area contributed by atoms with Gasteiger partial charge in [-0.3, -0.25) is 4.79 Å². The molecule has 1 amide bonds. The lowest BCUT2D eigenvalue weighted by Crippen LogP contribution is -2.39. The molecule has 2 aromatic rings. The molecule has 0 aliphatic carbocycles. The van der Waals surface area contributed by atoms with Crippen molar-refractivity contribution in [3.05, 3.63) is 36.2 Å². The van der Waals surface area contributed by atoms with Gasteiger partial charge in [-0.05, 0) is 18.6 Å². The maximum atomic E-state index is 12.7. The van der Waals surface area contributed by atoms with Crippen LogP contribution in [-0.2, 0) is 16.0 Å². The third-order valence-electron chi connectivity index (χ3n) is 4.00. The SMILES string of the molecule is COCCc1nsc(N(C)C2CCN(c3ccccc3)C2=O)n1. The highest BCUT2D eigenvalue weighted by Gasteiger charge is 2.36. The van der Waals surface area contributed by atoms with Gasteiger partial charge in [0, 0.05) is 44.3 Å². The van der Waals surface area contributed by atoms with Gasteiger partial charge in [0.05, 0.1) is 6.61 Å². The lowest BCUT2D eigenvalue weighted by atomic mass is 10.2. The second-order valence-corrected chi connectivity index (χ2v) is 6.21. The Labute approximate surface area is 139 Å². The number of benzene rings is 1. The van der Waals surface area contributed by atoms with Gasteiger partial charge in [-0.1, -0.05) is 18.2 Å². The summed E-state index contributed by atoms with van der Waals surface area (Å²) in [6.45, 7) is 1.33. The summed E-state index contributed by atoms with van der Waals surface area (Å²) in [6.07, 6.45) is 1.48. The van der Waals surface area contributed by atoms with Gasteiger partial charge in [0.15, 0.2) is 0 Å². The Morgan fingerprint density at radius 1 is 1.39 bits per heavy atom. The van der Waals surface area contributed by atoms with Crippen molar-refractivity contribution in [2.75, 3.05) is 37.1 Å². The van der Waals surface area contributed by atoms with Gasteiger partial charge in [-0.25, -0.2) is 4.98 Å². The molecular formula is C16H20N4O2S. The van der Waals surface area contributed by atoms with E-state index in [2.05, 4.69) is 9.36 Å². The average molecular weight is 332 g/mol. The molecule has 0 N–H and O–H groups in total. The quantitative estimate of drug-likeness (QED) is 0.809. The molecule has 3 rings (SSSR count). The zero-order valence-electron chi connectivity index (χ0n) is 13.3. The van der Waals surface area contributed by atoms with Gasteiger partial charge in [0.1, 0.15) is 11.9 Å². The third kappa shape index (κ3) is 3.35. The van der Waals surface area contributed by atoms with Crippen molar-refractivity contribution < 1.29 is 9.53 Å². The second kappa shape index (κ2) is 7.06. The number of hydrogen-bond donors (Lipinski definition) is 0. The van der Waals surface area contributed by atoms with Gasteiger partial charge in [0.2, 0.25) is 11.0 Å². The highest BCUT2D eigenvalue weighted by molar-refractivity contribution is 7.09. The van der Waals surface area contributed by atoms with Crippen LogP contribution in [-0.4, -0.2) is 48.6 Å². The van der Waals surface area contributed by atoms with Crippen molar-refractivity contribution in [2.24, 2.45) is 0 Å². The highest BCUT2D eigenvalue weighted by Crippen LogP contribution is 2.27. The summed E-state index contributed by atoms with van der Waals surface area (Å²) < 4.78 is 9.38. The summed E-state index contributed by atoms with van der Waals surface area (Å²) >= 11 is 1.33. The molecule has 1 aliphatic heterocycles. The molecule has 122 valence electrons. The fourth-order valence-electron chi connectivity index (χ4n) is 2.70. The van der Waals surface area contributed by atoms with Crippen LogP contribution in [0.5, 0.6) is 0 Å². The summed E-state index contributed by atoms with van der Waals surface area (Å²) in [6, 6.07) is 9.61. The largest absolute Gasteiger partial charge is 0.384 e. The van der Waals surface area contributed by atoms with Crippen LogP contribution in [0.25, 0.3) is 0 Å². The number of nitrogens with zero attached hydrogens (tertiary/aromatic N) is 4. The monoisotopic (exact) mass is 332 g/mol. The predicted octanol–water partition coefficient (Wildman–Crippen LogP) is 1.97. The van der Waals surface area contributed by atoms with E-state index in [1.165, 1.54) is 11.5 Å². The number of carbonyl (C=O) groups excluding carboxylic acids is 1. The number of methoxy groups -OCH3 is 1. The molecule has 0 radical (unpaired) electrons. The molecule has 2 heterocycles. The Kier molecular flexibility index (Phi) is 4.88. The first-order valence-corrected chi connectivity index (χ1v) is 8.39. The maximum absolute atomic E-state index is 12.7. The molecule has 7 heteroatoms. The van der Waals surface area contributed by atoms with Crippen LogP contribution in [0.1, 0.15) is 12.2 Å². The number of aromatic nitrogens is 2. The van der Waals surface area contributed by atoms with Gasteiger partial charge < -0.3 is 14.5 Å². The summed E-state index contributed by atoms with van der Waals surface area (Å²) in [4.78, 5) is 21.0. The lowest BCUT2D eigenvalue weighted by molar-refractivity contribution is -0.118. The Bertz CT molecular complexity index is 661. The van der Waals surface area contributed by atoms with Crippen LogP contribution in [0.2, 0.25) is 0 Å². The van der Waals surface area contributed by atoms with Crippen LogP contribution in [0.4, 0.5) is 10.8 Å². The minimum Gasteiger partial charge on any atom is -0.384 e. The zero-order chi connectivity index (χ0) is 16.2. The van der Waals surface area contributed by atoms with E-state index in [0.29, 0.717) is 13.0 Å². The second-order valence-electron chi connectivity index (χ2n) is 5.48. The van der Waals surface area contributed by atoms with Crippen molar-refractivity contribution in [1.29, 1.82) is 0 Å². The number of amides is 1. The van der Waals surface area contributed by atoms with Crippen molar-refractivity contribution in [1.82, 2.24) is 9.36 Å². The minimum atomic E-state index is -0.182. The molecule has 1 atom stereocenters. The Hall–Kier alpha value is -1.99. The minimum absolute atomic E-state index is 0.118. The summed E-state index contributed by atoms with van der Waals surface area (Å²) in [5, 5.41) is 0.782. The summed E-state index contributed by atoms with van der Waals surface area (Å²) in [5.74, 6) is 0.886. The van der Waals surface area contributed by atoms with Gasteiger partial charge in [0.25, 0.3) is 0 Å². The van der Waals surface area contributed by atoms with E-state index in [0.717, 1.165) is 29.6 Å². The predicted molar refractivity (Wildman–Crippen MR) is 91.1 cm³/mol. The maximum Gasteiger partial charge on any atom is 0.249 e. The van der Waals surface area contributed by atoms with Crippen molar-refractivity contribution in [3.8, 4) is 0 Å². The lowest BCUT2D eigenvalue weighted by Gasteiger charge is -2.23. The van der Waals surface area contributed by atoms with Gasteiger partial charge in [-0.2, -0.15) is 4.37 Å². The molecule has 1 aromatic carbocycles. The first kappa shape index (κ1) is 15.9. The molecule has 6 nitrogen and oxygen atoms in total. The molecule has 23 heavy (non-hydrogen) atoms. The van der Waals surface area contributed by atoms with Crippen LogP contribution in [0.15, 0.2) is 30.3 Å². The number of carbonyl (C=O) groups is 1. The number of ether oxygens (including phenoxy) is 1. The molecule has 1 aromatic heterocycles. The summed E-state index contributed by atoms with van der Waals surface area (Å²) in [7, 11) is 3.58. The average Bonchev–Trinajstić information content (AvgIpc) is 3.20. The van der Waals surface area contributed by atoms with E-state index >= 15 is 0 Å². The molecule has 0 saturated carbocycles. The van der Waals surface area contributed by atoms with Crippen LogP contribution in [0.3, 0.4) is 0 Å². The van der Waals surface area contributed by atoms with Crippen molar-refractivity contribution in [2.45, 2.75) is 18.9 Å². The van der Waals surface area contributed by atoms with E-state index in [4.69, 9.17) is 4.74 Å². The van der Waals surface area contributed by atoms with Crippen LogP contribution in [0, 0.1) is 0 Å². The first-order valence-electron chi connectivity index (χ1n) is 7.61. The Morgan fingerprint density at radius 3 is 2.91 bits per heavy atom. The zero-order valence-corrected chi connectivity index (χ0v) is 14.1. The first-order chi connectivity index (χ1) is 11.2. The highest BCUT2D eigenvalue weighted by atomic mass is 32.1. The van der Waals surface area contributed by atoms with Crippen LogP contribution < -0.4 is 9.80 Å². The fourth-order valence-corrected chi connectivity index (χ4v) is 3.43. The number of rotatable bonds is 6. The normalized spacial score (nSPS) is 17.7. The molecule has 0 bridgehead atoms. The van der Waals surface area contributed by atoms with E-state index in [-0.39, 0.29) is 11.9 Å². The Balaban J connectivity index is 1.70. The van der Waals surface area contributed by atoms with E-state index in [1.807, 2.05) is 47.2 Å². The molecule has 0 spiro atoms. The van der Waals surface area contributed by atoms with Gasteiger partial charge in [-0.15, -0.1) is 0 Å². The van der Waals surface area contributed by atoms with E-state index in [1.54, 1.807) is 7.11 Å². The van der Waals surface area contributed by atoms with Crippen LogP contribution >= 0.6 is 11.5 Å². The number of anilines is 2. The van der Waals surface area contributed by atoms with E-state index < -0.39 is 0 Å². The smallest absolute Gasteiger partial charge is 0.249 e. The van der Waals surface area contributed by atoms with Crippen molar-refractivity contribution >= 4 is 28.3 Å². The molecule has 1 fully saturated rings.